The zero-order chi connectivity index (χ0) is 37.2. The number of fused-ring (bicyclic) bond motifs is 7. The lowest BCUT2D eigenvalue weighted by molar-refractivity contribution is 0.669. The van der Waals surface area contributed by atoms with Gasteiger partial charge in [0.05, 0.1) is 0 Å². The number of allylic oxidation sites excluding steroid dienone is 1. The van der Waals surface area contributed by atoms with Crippen LogP contribution in [-0.4, -0.2) is 15.0 Å². The Morgan fingerprint density at radius 2 is 1.07 bits per heavy atom. The van der Waals surface area contributed by atoms with E-state index in [0.29, 0.717) is 23.4 Å². The van der Waals surface area contributed by atoms with Crippen LogP contribution in [0.15, 0.2) is 174 Å². The molecule has 1 aliphatic carbocycles. The molecule has 0 N–H and O–H groups in total. The zero-order valence-corrected chi connectivity index (χ0v) is 30.8. The van der Waals surface area contributed by atoms with E-state index in [1.807, 2.05) is 24.3 Å². The minimum atomic E-state index is 0.414. The quantitative estimate of drug-likeness (QED) is 0.166. The molecule has 2 heterocycles. The van der Waals surface area contributed by atoms with Crippen LogP contribution in [0.3, 0.4) is 0 Å². The lowest BCUT2D eigenvalue weighted by atomic mass is 9.87. The van der Waals surface area contributed by atoms with Crippen molar-refractivity contribution in [1.82, 2.24) is 15.0 Å². The Hall–Kier alpha value is -7.17. The van der Waals surface area contributed by atoms with Crippen molar-refractivity contribution in [2.45, 2.75) is 19.3 Å². The summed E-state index contributed by atoms with van der Waals surface area (Å²) in [4.78, 5) is 15.8. The van der Waals surface area contributed by atoms with Gasteiger partial charge in [0.15, 0.2) is 17.5 Å². The number of nitrogens with zero attached hydrogens (tertiary/aromatic N) is 3. The minimum Gasteiger partial charge on any atom is -0.456 e. The Balaban J connectivity index is 1.12. The summed E-state index contributed by atoms with van der Waals surface area (Å²) in [7, 11) is 0. The van der Waals surface area contributed by atoms with Gasteiger partial charge in [0.25, 0.3) is 0 Å². The van der Waals surface area contributed by atoms with E-state index in [0.717, 1.165) is 61.6 Å². The molecule has 0 bridgehead atoms. The van der Waals surface area contributed by atoms with Crippen molar-refractivity contribution in [3.8, 4) is 56.4 Å². The Kier molecular flexibility index (Phi) is 7.49. The molecule has 264 valence electrons. The summed E-state index contributed by atoms with van der Waals surface area (Å²) in [5.41, 5.74) is 11.6. The first kappa shape index (κ1) is 32.3. The molecule has 1 unspecified atom stereocenters. The smallest absolute Gasteiger partial charge is 0.164 e. The van der Waals surface area contributed by atoms with Crippen molar-refractivity contribution in [2.75, 3.05) is 0 Å². The maximum atomic E-state index is 6.58. The molecule has 0 saturated carbocycles. The third-order valence-electron chi connectivity index (χ3n) is 11.4. The van der Waals surface area contributed by atoms with E-state index >= 15 is 0 Å². The van der Waals surface area contributed by atoms with Crippen LogP contribution < -0.4 is 0 Å². The number of hydrogen-bond donors (Lipinski definition) is 0. The average Bonchev–Trinajstić information content (AvgIpc) is 3.66. The second kappa shape index (κ2) is 13.0. The number of hydrogen-bond acceptors (Lipinski definition) is 4. The molecular formula is C52H35N3O. The Morgan fingerprint density at radius 3 is 1.89 bits per heavy atom. The van der Waals surface area contributed by atoms with Gasteiger partial charge in [-0.05, 0) is 91.5 Å². The first-order chi connectivity index (χ1) is 27.6. The molecule has 8 aromatic carbocycles. The van der Waals surface area contributed by atoms with Crippen molar-refractivity contribution in [3.63, 3.8) is 0 Å². The van der Waals surface area contributed by atoms with Crippen LogP contribution in [0.25, 0.3) is 106 Å². The molecule has 0 spiro atoms. The number of furan rings is 1. The molecule has 4 heteroatoms. The molecule has 4 nitrogen and oxygen atoms in total. The van der Waals surface area contributed by atoms with Gasteiger partial charge in [-0.25, -0.2) is 15.0 Å². The Morgan fingerprint density at radius 1 is 0.464 bits per heavy atom. The van der Waals surface area contributed by atoms with Gasteiger partial charge < -0.3 is 4.42 Å². The highest BCUT2D eigenvalue weighted by Gasteiger charge is 2.21. The molecule has 2 aromatic heterocycles. The predicted molar refractivity (Wildman–Crippen MR) is 231 cm³/mol. The van der Waals surface area contributed by atoms with Crippen LogP contribution >= 0.6 is 0 Å². The van der Waals surface area contributed by atoms with Gasteiger partial charge in [-0.1, -0.05) is 159 Å². The van der Waals surface area contributed by atoms with Crippen molar-refractivity contribution in [3.05, 3.63) is 181 Å². The van der Waals surface area contributed by atoms with Crippen LogP contribution in [0.1, 0.15) is 30.4 Å². The lowest BCUT2D eigenvalue weighted by Crippen LogP contribution is -2.03. The molecule has 0 amide bonds. The Bertz CT molecular complexity index is 3180. The SMILES string of the molecule is CC1CC=Cc2ccc(-c3nc(-c4ccc5c(ccc6ccccc65)c4)nc(-c4cccc5oc6cccc(-c7ccc(-c8ccccc8)cc7)c6c45)n3)cc21. The molecule has 10 aromatic rings. The fourth-order valence-electron chi connectivity index (χ4n) is 8.49. The molecule has 0 aliphatic heterocycles. The largest absolute Gasteiger partial charge is 0.456 e. The lowest BCUT2D eigenvalue weighted by Gasteiger charge is -2.18. The minimum absolute atomic E-state index is 0.414. The van der Waals surface area contributed by atoms with Crippen molar-refractivity contribution < 1.29 is 4.42 Å². The first-order valence-electron chi connectivity index (χ1n) is 19.2. The van der Waals surface area contributed by atoms with Gasteiger partial charge in [0.2, 0.25) is 0 Å². The maximum Gasteiger partial charge on any atom is 0.164 e. The first-order valence-corrected chi connectivity index (χ1v) is 19.2. The molecule has 0 radical (unpaired) electrons. The van der Waals surface area contributed by atoms with Gasteiger partial charge >= 0.3 is 0 Å². The molecule has 0 fully saturated rings. The van der Waals surface area contributed by atoms with E-state index < -0.39 is 0 Å². The number of rotatable bonds is 5. The van der Waals surface area contributed by atoms with Gasteiger partial charge in [-0.2, -0.15) is 0 Å². The number of aromatic nitrogens is 3. The van der Waals surface area contributed by atoms with Crippen molar-refractivity contribution in [1.29, 1.82) is 0 Å². The van der Waals surface area contributed by atoms with Crippen LogP contribution in [0, 0.1) is 0 Å². The fraction of sp³-hybridized carbons (Fsp3) is 0.0577. The third-order valence-corrected chi connectivity index (χ3v) is 11.4. The van der Waals surface area contributed by atoms with Crippen LogP contribution in [-0.2, 0) is 0 Å². The maximum absolute atomic E-state index is 6.58. The predicted octanol–water partition coefficient (Wildman–Crippen LogP) is 13.9. The number of benzene rings is 8. The van der Waals surface area contributed by atoms with E-state index in [-0.39, 0.29) is 0 Å². The summed E-state index contributed by atoms with van der Waals surface area (Å²) in [6.07, 6.45) is 5.50. The summed E-state index contributed by atoms with van der Waals surface area (Å²) >= 11 is 0. The van der Waals surface area contributed by atoms with Crippen LogP contribution in [0.4, 0.5) is 0 Å². The van der Waals surface area contributed by atoms with Gasteiger partial charge in [-0.3, -0.25) is 0 Å². The highest BCUT2D eigenvalue weighted by atomic mass is 16.3. The molecule has 0 saturated heterocycles. The monoisotopic (exact) mass is 717 g/mol. The average molecular weight is 718 g/mol. The second-order valence-electron chi connectivity index (χ2n) is 14.8. The summed E-state index contributed by atoms with van der Waals surface area (Å²) in [6, 6.07) is 57.8. The van der Waals surface area contributed by atoms with Crippen LogP contribution in [0.5, 0.6) is 0 Å². The summed E-state index contributed by atoms with van der Waals surface area (Å²) in [5, 5.41) is 6.83. The fourth-order valence-corrected chi connectivity index (χ4v) is 8.49. The van der Waals surface area contributed by atoms with Crippen LogP contribution in [0.2, 0.25) is 0 Å². The van der Waals surface area contributed by atoms with Crippen molar-refractivity contribution in [2.24, 2.45) is 0 Å². The van der Waals surface area contributed by atoms with Gasteiger partial charge in [0, 0.05) is 27.5 Å². The summed E-state index contributed by atoms with van der Waals surface area (Å²) < 4.78 is 6.58. The normalized spacial score (nSPS) is 13.8. The molecule has 1 aliphatic rings. The third kappa shape index (κ3) is 5.41. The van der Waals surface area contributed by atoms with E-state index in [1.165, 1.54) is 38.4 Å². The molecule has 11 rings (SSSR count). The van der Waals surface area contributed by atoms with E-state index in [4.69, 9.17) is 19.4 Å². The standard InChI is InChI=1S/C52H35N3O/c1-32-10-7-14-36-25-27-40(31-45(32)36)51-53-50(39-28-29-42-38(30-39)26-24-35-13-5-6-15-41(35)42)54-52(55-51)44-17-9-19-47-49(44)48-43(16-8-18-46(48)56-47)37-22-20-34(21-23-37)33-11-3-2-4-12-33/h2-9,11-32H,10H2,1H3. The zero-order valence-electron chi connectivity index (χ0n) is 30.8. The molecular weight excluding hydrogens is 683 g/mol. The van der Waals surface area contributed by atoms with Gasteiger partial charge in [0.1, 0.15) is 11.2 Å². The summed E-state index contributed by atoms with van der Waals surface area (Å²) in [6.45, 7) is 2.28. The van der Waals surface area contributed by atoms with Gasteiger partial charge in [-0.15, -0.1) is 0 Å². The Labute approximate surface area is 324 Å². The van der Waals surface area contributed by atoms with E-state index in [1.54, 1.807) is 0 Å². The topological polar surface area (TPSA) is 51.8 Å². The van der Waals surface area contributed by atoms with E-state index in [2.05, 4.69) is 159 Å². The summed E-state index contributed by atoms with van der Waals surface area (Å²) in [5.74, 6) is 2.30. The molecule has 56 heavy (non-hydrogen) atoms. The highest BCUT2D eigenvalue weighted by molar-refractivity contribution is 6.17. The molecule has 1 atom stereocenters. The van der Waals surface area contributed by atoms with Crippen molar-refractivity contribution >= 4 is 49.6 Å². The highest BCUT2D eigenvalue weighted by Crippen LogP contribution is 2.42. The second-order valence-corrected chi connectivity index (χ2v) is 14.8. The van der Waals surface area contributed by atoms with E-state index in [9.17, 15) is 0 Å².